The number of rotatable bonds is 8. The van der Waals surface area contributed by atoms with Crippen molar-refractivity contribution in [2.45, 2.75) is 58.3 Å². The summed E-state index contributed by atoms with van der Waals surface area (Å²) in [5.41, 5.74) is 9.31. The molecule has 0 fully saturated rings. The molecule has 0 bridgehead atoms. The second kappa shape index (κ2) is 12.6. The molecule has 2 atom stereocenters. The van der Waals surface area contributed by atoms with Crippen LogP contribution in [0.25, 0.3) is 22.2 Å². The molecule has 3 N–H and O–H groups in total. The Morgan fingerprint density at radius 1 is 1.02 bits per heavy atom. The molecular formula is C32H36FN5O4. The van der Waals surface area contributed by atoms with Gasteiger partial charge in [-0.2, -0.15) is 0 Å². The monoisotopic (exact) mass is 573 g/mol. The Morgan fingerprint density at radius 2 is 1.64 bits per heavy atom. The van der Waals surface area contributed by atoms with Gasteiger partial charge in [-0.3, -0.25) is 19.5 Å². The van der Waals surface area contributed by atoms with E-state index in [0.29, 0.717) is 23.4 Å². The summed E-state index contributed by atoms with van der Waals surface area (Å²) in [6.07, 6.45) is 4.14. The van der Waals surface area contributed by atoms with Crippen LogP contribution in [0.3, 0.4) is 0 Å². The van der Waals surface area contributed by atoms with Crippen LogP contribution < -0.4 is 5.73 Å². The van der Waals surface area contributed by atoms with Gasteiger partial charge in [-0.25, -0.2) is 14.2 Å². The molecule has 2 aromatic heterocycles. The maximum atomic E-state index is 13.7. The highest BCUT2D eigenvalue weighted by Gasteiger charge is 2.43. The number of hydrogen-bond donors (Lipinski definition) is 2. The third-order valence-electron chi connectivity index (χ3n) is 6.88. The Hall–Kier alpha value is -4.44. The number of aromatic nitrogens is 3. The fourth-order valence-electron chi connectivity index (χ4n) is 4.93. The number of imidazole rings is 1. The highest BCUT2D eigenvalue weighted by atomic mass is 19.1. The lowest BCUT2D eigenvalue weighted by Gasteiger charge is -2.25. The normalized spacial score (nSPS) is 14.4. The molecule has 1 aliphatic rings. The van der Waals surface area contributed by atoms with Crippen molar-refractivity contribution in [2.75, 3.05) is 7.11 Å². The van der Waals surface area contributed by atoms with E-state index in [4.69, 9.17) is 10.5 Å². The second-order valence-electron chi connectivity index (χ2n) is 11.3. The smallest absolute Gasteiger partial charge is 0.329 e. The number of amides is 2. The first-order chi connectivity index (χ1) is 19.9. The van der Waals surface area contributed by atoms with E-state index in [1.807, 2.05) is 44.2 Å². The number of hydrogen-bond acceptors (Lipinski definition) is 7. The molecule has 2 aromatic carbocycles. The van der Waals surface area contributed by atoms with Crippen molar-refractivity contribution in [3.05, 3.63) is 83.9 Å². The number of carbonyl (C=O) groups excluding carboxylic acids is 3. The van der Waals surface area contributed by atoms with Crippen LogP contribution in [0.4, 0.5) is 4.39 Å². The summed E-state index contributed by atoms with van der Waals surface area (Å²) in [6, 6.07) is 15.2. The van der Waals surface area contributed by atoms with Crippen molar-refractivity contribution < 1.29 is 23.5 Å². The van der Waals surface area contributed by atoms with Crippen LogP contribution in [0.15, 0.2) is 67.0 Å². The minimum Gasteiger partial charge on any atom is -0.467 e. The van der Waals surface area contributed by atoms with Crippen LogP contribution in [0, 0.1) is 5.92 Å². The molecule has 9 nitrogen and oxygen atoms in total. The summed E-state index contributed by atoms with van der Waals surface area (Å²) >= 11 is 0. The number of nitrogens with one attached hydrogen (secondary N) is 1. The minimum absolute atomic E-state index is 0.156. The fourth-order valence-corrected chi connectivity index (χ4v) is 4.93. The number of esters is 1. The number of H-pyrrole nitrogens is 1. The van der Waals surface area contributed by atoms with Crippen LogP contribution in [0.1, 0.15) is 73.1 Å². The Labute approximate surface area is 244 Å². The molecule has 5 rings (SSSR count). The molecule has 2 unspecified atom stereocenters. The molecule has 2 amide bonds. The standard InChI is InChI=1S/C17H19FN4.C15H17NO4/c1-17(2,18)10-13(19)16-21-14-4-3-12(9-15(14)22-16)11-5-7-20-8-6-11;1-9(2)8-12(15(19)20-3)16-13(17)10-6-4-5-7-11(10)14(16)18/h3-9,13H,10,19H2,1-2H3,(H,21,22);4-7,9,12H,8H2,1-3H3. The number of halogens is 1. The number of fused-ring (bicyclic) bond motifs is 2. The molecular weight excluding hydrogens is 537 g/mol. The predicted octanol–water partition coefficient (Wildman–Crippen LogP) is 5.63. The van der Waals surface area contributed by atoms with Gasteiger partial charge in [0.2, 0.25) is 0 Å². The number of aromatic amines is 1. The third-order valence-corrected chi connectivity index (χ3v) is 6.88. The van der Waals surface area contributed by atoms with Gasteiger partial charge in [-0.05, 0) is 73.7 Å². The third kappa shape index (κ3) is 6.88. The molecule has 3 heterocycles. The van der Waals surface area contributed by atoms with Crippen molar-refractivity contribution >= 4 is 28.8 Å². The molecule has 0 saturated heterocycles. The van der Waals surface area contributed by atoms with E-state index >= 15 is 0 Å². The van der Waals surface area contributed by atoms with Gasteiger partial charge in [0.05, 0.1) is 35.3 Å². The lowest BCUT2D eigenvalue weighted by Crippen LogP contribution is -2.46. The Bertz CT molecular complexity index is 1540. The predicted molar refractivity (Wildman–Crippen MR) is 158 cm³/mol. The van der Waals surface area contributed by atoms with Crippen molar-refractivity contribution in [2.24, 2.45) is 11.7 Å². The molecule has 10 heteroatoms. The van der Waals surface area contributed by atoms with Gasteiger partial charge in [-0.1, -0.05) is 32.0 Å². The highest BCUT2D eigenvalue weighted by molar-refractivity contribution is 6.22. The average molecular weight is 574 g/mol. The van der Waals surface area contributed by atoms with Crippen LogP contribution in [0.2, 0.25) is 0 Å². The Morgan fingerprint density at radius 3 is 2.19 bits per heavy atom. The van der Waals surface area contributed by atoms with Gasteiger partial charge >= 0.3 is 5.97 Å². The van der Waals surface area contributed by atoms with Crippen LogP contribution in [0.5, 0.6) is 0 Å². The lowest BCUT2D eigenvalue weighted by atomic mass is 10.0. The molecule has 0 radical (unpaired) electrons. The van der Waals surface area contributed by atoms with E-state index in [9.17, 15) is 18.8 Å². The van der Waals surface area contributed by atoms with E-state index in [1.54, 1.807) is 36.7 Å². The topological polar surface area (TPSA) is 131 Å². The molecule has 4 aromatic rings. The number of imide groups is 1. The second-order valence-corrected chi connectivity index (χ2v) is 11.3. The summed E-state index contributed by atoms with van der Waals surface area (Å²) in [6.45, 7) is 6.90. The van der Waals surface area contributed by atoms with Gasteiger partial charge < -0.3 is 15.5 Å². The fraction of sp³-hybridized carbons (Fsp3) is 0.344. The average Bonchev–Trinajstić information content (AvgIpc) is 3.50. The first kappa shape index (κ1) is 30.5. The highest BCUT2D eigenvalue weighted by Crippen LogP contribution is 2.28. The van der Waals surface area contributed by atoms with Gasteiger partial charge in [0.1, 0.15) is 17.5 Å². The minimum atomic E-state index is -1.32. The largest absolute Gasteiger partial charge is 0.467 e. The molecule has 0 spiro atoms. The molecule has 0 saturated carbocycles. The first-order valence-electron chi connectivity index (χ1n) is 13.8. The Kier molecular flexibility index (Phi) is 9.16. The number of alkyl halides is 1. The van der Waals surface area contributed by atoms with E-state index in [0.717, 1.165) is 27.1 Å². The molecule has 1 aliphatic heterocycles. The quantitative estimate of drug-likeness (QED) is 0.206. The number of nitrogens with two attached hydrogens (primary N) is 1. The van der Waals surface area contributed by atoms with Crippen LogP contribution in [-0.4, -0.2) is 56.5 Å². The zero-order valence-electron chi connectivity index (χ0n) is 24.4. The van der Waals surface area contributed by atoms with Gasteiger partial charge in [0.15, 0.2) is 0 Å². The maximum absolute atomic E-state index is 13.7. The van der Waals surface area contributed by atoms with Gasteiger partial charge in [0.25, 0.3) is 11.8 Å². The van der Waals surface area contributed by atoms with E-state index in [-0.39, 0.29) is 12.3 Å². The zero-order valence-corrected chi connectivity index (χ0v) is 24.4. The maximum Gasteiger partial charge on any atom is 0.329 e. The molecule has 220 valence electrons. The van der Waals surface area contributed by atoms with Crippen LogP contribution >= 0.6 is 0 Å². The summed E-state index contributed by atoms with van der Waals surface area (Å²) in [7, 11) is 1.26. The number of methoxy groups -OCH3 is 1. The number of pyridine rings is 1. The van der Waals surface area contributed by atoms with Gasteiger partial charge in [0, 0.05) is 18.8 Å². The van der Waals surface area contributed by atoms with Crippen molar-refractivity contribution in [1.29, 1.82) is 0 Å². The summed E-state index contributed by atoms with van der Waals surface area (Å²) in [5.74, 6) is -0.646. The zero-order chi connectivity index (χ0) is 30.6. The Balaban J connectivity index is 0.000000194. The number of nitrogens with zero attached hydrogens (tertiary/aromatic N) is 3. The number of ether oxygens (including phenoxy) is 1. The number of benzene rings is 2. The van der Waals surface area contributed by atoms with E-state index < -0.39 is 35.5 Å². The van der Waals surface area contributed by atoms with E-state index in [2.05, 4.69) is 15.0 Å². The molecule has 0 aliphatic carbocycles. The van der Waals surface area contributed by atoms with Crippen molar-refractivity contribution in [3.63, 3.8) is 0 Å². The summed E-state index contributed by atoms with van der Waals surface area (Å²) < 4.78 is 18.5. The number of carbonyl (C=O) groups is 3. The van der Waals surface area contributed by atoms with Crippen molar-refractivity contribution in [1.82, 2.24) is 19.9 Å². The summed E-state index contributed by atoms with van der Waals surface area (Å²) in [4.78, 5) is 49.3. The van der Waals surface area contributed by atoms with Crippen molar-refractivity contribution in [3.8, 4) is 11.1 Å². The van der Waals surface area contributed by atoms with Gasteiger partial charge in [-0.15, -0.1) is 0 Å². The van der Waals surface area contributed by atoms with Crippen LogP contribution in [-0.2, 0) is 9.53 Å². The van der Waals surface area contributed by atoms with E-state index in [1.165, 1.54) is 21.0 Å². The summed E-state index contributed by atoms with van der Waals surface area (Å²) in [5, 5.41) is 0. The first-order valence-corrected chi connectivity index (χ1v) is 13.8. The SMILES string of the molecule is CC(C)(F)CC(N)c1nc2ccc(-c3ccncc3)cc2[nH]1.COC(=O)C(CC(C)C)N1C(=O)c2ccccc2C1=O. The lowest BCUT2D eigenvalue weighted by molar-refractivity contribution is -0.145. The molecule has 42 heavy (non-hydrogen) atoms.